The first-order chi connectivity index (χ1) is 12.1. The maximum absolute atomic E-state index is 14.5. The highest BCUT2D eigenvalue weighted by Gasteiger charge is 2.30. The Bertz CT molecular complexity index is 697. The van der Waals surface area contributed by atoms with E-state index in [1.165, 1.54) is 25.0 Å². The molecule has 3 rings (SSSR count). The van der Waals surface area contributed by atoms with Gasteiger partial charge in [0.25, 0.3) is 11.8 Å². The third-order valence-corrected chi connectivity index (χ3v) is 4.51. The molecule has 7 heteroatoms. The minimum Gasteiger partial charge on any atom is -0.395 e. The third kappa shape index (κ3) is 3.82. The van der Waals surface area contributed by atoms with Crippen LogP contribution in [0.15, 0.2) is 30.0 Å². The highest BCUT2D eigenvalue weighted by atomic mass is 19.1. The van der Waals surface area contributed by atoms with Gasteiger partial charge in [0.2, 0.25) is 0 Å². The van der Waals surface area contributed by atoms with Crippen molar-refractivity contribution in [3.63, 3.8) is 0 Å². The normalized spacial score (nSPS) is 18.4. The van der Waals surface area contributed by atoms with Crippen molar-refractivity contribution in [3.05, 3.63) is 35.8 Å². The third-order valence-electron chi connectivity index (χ3n) is 4.51. The molecule has 2 amide bonds. The number of nitrogens with zero attached hydrogens (tertiary/aromatic N) is 2. The Morgan fingerprint density at radius 1 is 1.12 bits per heavy atom. The average Bonchev–Trinajstić information content (AvgIpc) is 2.79. The number of carbonyl (C=O) groups excluding carboxylic acids is 2. The molecule has 1 aromatic carbocycles. The second kappa shape index (κ2) is 7.65. The van der Waals surface area contributed by atoms with Crippen LogP contribution in [0.4, 0.5) is 15.8 Å². The molecule has 0 saturated carbocycles. The van der Waals surface area contributed by atoms with Crippen LogP contribution in [0.1, 0.15) is 25.7 Å². The molecule has 6 nitrogen and oxygen atoms in total. The number of hydrogen-bond donors (Lipinski definition) is 2. The first-order valence-corrected chi connectivity index (χ1v) is 8.60. The van der Waals surface area contributed by atoms with Gasteiger partial charge < -0.3 is 15.3 Å². The number of amides is 2. The number of β-amino-alcohol motifs (C(OH)–C–C–N with tert-alkyl or cyclic N) is 1. The van der Waals surface area contributed by atoms with E-state index in [4.69, 9.17) is 5.11 Å². The van der Waals surface area contributed by atoms with Gasteiger partial charge in [-0.3, -0.25) is 14.5 Å². The Labute approximate surface area is 145 Å². The lowest BCUT2D eigenvalue weighted by molar-refractivity contribution is -0.137. The first kappa shape index (κ1) is 17.4. The van der Waals surface area contributed by atoms with Gasteiger partial charge >= 0.3 is 0 Å². The van der Waals surface area contributed by atoms with Crippen LogP contribution in [0.2, 0.25) is 0 Å². The van der Waals surface area contributed by atoms with Crippen molar-refractivity contribution < 1.29 is 19.1 Å². The number of anilines is 2. The Morgan fingerprint density at radius 3 is 2.48 bits per heavy atom. The fourth-order valence-electron chi connectivity index (χ4n) is 3.22. The lowest BCUT2D eigenvalue weighted by Crippen LogP contribution is -2.34. The minimum atomic E-state index is -0.518. The predicted molar refractivity (Wildman–Crippen MR) is 92.6 cm³/mol. The number of rotatable bonds is 5. The fraction of sp³-hybridized carbons (Fsp3) is 0.444. The van der Waals surface area contributed by atoms with Crippen molar-refractivity contribution >= 4 is 23.2 Å². The monoisotopic (exact) mass is 347 g/mol. The summed E-state index contributed by atoms with van der Waals surface area (Å²) in [6.07, 6.45) is 5.63. The van der Waals surface area contributed by atoms with E-state index >= 15 is 0 Å². The van der Waals surface area contributed by atoms with Crippen molar-refractivity contribution in [1.82, 2.24) is 4.90 Å². The van der Waals surface area contributed by atoms with Crippen LogP contribution in [0, 0.1) is 5.82 Å². The van der Waals surface area contributed by atoms with Gasteiger partial charge in [0, 0.05) is 24.9 Å². The van der Waals surface area contributed by atoms with Crippen LogP contribution in [0.3, 0.4) is 0 Å². The maximum Gasteiger partial charge on any atom is 0.277 e. The molecule has 2 aliphatic rings. The highest BCUT2D eigenvalue weighted by molar-refractivity contribution is 6.17. The summed E-state index contributed by atoms with van der Waals surface area (Å²) in [6, 6.07) is 4.75. The van der Waals surface area contributed by atoms with Gasteiger partial charge in [-0.25, -0.2) is 4.39 Å². The molecule has 0 spiro atoms. The van der Waals surface area contributed by atoms with Gasteiger partial charge in [-0.2, -0.15) is 0 Å². The summed E-state index contributed by atoms with van der Waals surface area (Å²) in [6.45, 7) is 1.34. The Balaban J connectivity index is 1.72. The Hall–Kier alpha value is -2.41. The molecule has 2 N–H and O–H groups in total. The van der Waals surface area contributed by atoms with Crippen molar-refractivity contribution in [2.75, 3.05) is 36.5 Å². The second-order valence-corrected chi connectivity index (χ2v) is 6.27. The standard InChI is InChI=1S/C18H22FN3O3/c19-14-11-13(5-6-16(14)21-7-3-1-2-4-8-21)20-15-12-17(24)22(9-10-23)18(15)25/h5-6,11-12,20,23H,1-4,7-10H2. The number of nitrogens with one attached hydrogen (secondary N) is 1. The van der Waals surface area contributed by atoms with E-state index in [2.05, 4.69) is 10.2 Å². The van der Waals surface area contributed by atoms with Gasteiger partial charge in [-0.1, -0.05) is 12.8 Å². The molecule has 0 aliphatic carbocycles. The SMILES string of the molecule is O=C1C=C(Nc2ccc(N3CCCCCC3)c(F)c2)C(=O)N1CCO. The lowest BCUT2D eigenvalue weighted by Gasteiger charge is -2.23. The summed E-state index contributed by atoms with van der Waals surface area (Å²) >= 11 is 0. The summed E-state index contributed by atoms with van der Waals surface area (Å²) in [5.41, 5.74) is 1.06. The number of imide groups is 1. The number of aliphatic hydroxyl groups is 1. The zero-order valence-electron chi connectivity index (χ0n) is 14.0. The van der Waals surface area contributed by atoms with Crippen LogP contribution in [0.25, 0.3) is 0 Å². The van der Waals surface area contributed by atoms with Gasteiger partial charge in [0.15, 0.2) is 0 Å². The van der Waals surface area contributed by atoms with Crippen molar-refractivity contribution in [2.24, 2.45) is 0 Å². The van der Waals surface area contributed by atoms with Crippen LogP contribution < -0.4 is 10.2 Å². The number of halogens is 1. The molecule has 0 atom stereocenters. The van der Waals surface area contributed by atoms with E-state index < -0.39 is 11.8 Å². The summed E-state index contributed by atoms with van der Waals surface area (Å²) in [5, 5.41) is 11.7. The van der Waals surface area contributed by atoms with E-state index in [9.17, 15) is 14.0 Å². The molecule has 0 aromatic heterocycles. The van der Waals surface area contributed by atoms with Gasteiger partial charge in [0.1, 0.15) is 11.5 Å². The number of benzene rings is 1. The molecule has 2 heterocycles. The number of aliphatic hydroxyl groups excluding tert-OH is 1. The molecular formula is C18H22FN3O3. The molecule has 1 aromatic rings. The molecule has 134 valence electrons. The predicted octanol–water partition coefficient (Wildman–Crippen LogP) is 1.86. The maximum atomic E-state index is 14.5. The van der Waals surface area contributed by atoms with E-state index in [1.54, 1.807) is 12.1 Å². The van der Waals surface area contributed by atoms with Crippen molar-refractivity contribution in [1.29, 1.82) is 0 Å². The van der Waals surface area contributed by atoms with Gasteiger partial charge in [-0.05, 0) is 31.0 Å². The van der Waals surface area contributed by atoms with E-state index in [0.717, 1.165) is 30.8 Å². The zero-order valence-corrected chi connectivity index (χ0v) is 14.0. The fourth-order valence-corrected chi connectivity index (χ4v) is 3.22. The summed E-state index contributed by atoms with van der Waals surface area (Å²) in [4.78, 5) is 26.8. The number of hydrogen-bond acceptors (Lipinski definition) is 5. The Morgan fingerprint density at radius 2 is 1.84 bits per heavy atom. The highest BCUT2D eigenvalue weighted by Crippen LogP contribution is 2.26. The van der Waals surface area contributed by atoms with Crippen LogP contribution in [-0.2, 0) is 9.59 Å². The average molecular weight is 347 g/mol. The van der Waals surface area contributed by atoms with Crippen LogP contribution in [-0.4, -0.2) is 48.1 Å². The van der Waals surface area contributed by atoms with E-state index in [0.29, 0.717) is 11.4 Å². The Kier molecular flexibility index (Phi) is 5.33. The molecule has 1 fully saturated rings. The molecule has 0 bridgehead atoms. The topological polar surface area (TPSA) is 72.9 Å². The van der Waals surface area contributed by atoms with Crippen molar-refractivity contribution in [2.45, 2.75) is 25.7 Å². The molecule has 0 unspecified atom stereocenters. The number of carbonyl (C=O) groups is 2. The quantitative estimate of drug-likeness (QED) is 0.796. The molecule has 0 radical (unpaired) electrons. The summed E-state index contributed by atoms with van der Waals surface area (Å²) in [5.74, 6) is -1.35. The van der Waals surface area contributed by atoms with Crippen molar-refractivity contribution in [3.8, 4) is 0 Å². The minimum absolute atomic E-state index is 0.0540. The van der Waals surface area contributed by atoms with Crippen LogP contribution >= 0.6 is 0 Å². The van der Waals surface area contributed by atoms with Gasteiger partial charge in [0.05, 0.1) is 18.8 Å². The molecular weight excluding hydrogens is 325 g/mol. The lowest BCUT2D eigenvalue weighted by atomic mass is 10.2. The first-order valence-electron chi connectivity index (χ1n) is 8.60. The largest absolute Gasteiger partial charge is 0.395 e. The van der Waals surface area contributed by atoms with Gasteiger partial charge in [-0.15, -0.1) is 0 Å². The van der Waals surface area contributed by atoms with E-state index in [1.807, 2.05) is 0 Å². The molecule has 1 saturated heterocycles. The zero-order chi connectivity index (χ0) is 17.8. The van der Waals surface area contributed by atoms with E-state index in [-0.39, 0.29) is 24.7 Å². The molecule has 25 heavy (non-hydrogen) atoms. The summed E-state index contributed by atoms with van der Waals surface area (Å²) < 4.78 is 14.5. The second-order valence-electron chi connectivity index (χ2n) is 6.27. The van der Waals surface area contributed by atoms with Crippen LogP contribution in [0.5, 0.6) is 0 Å². The summed E-state index contributed by atoms with van der Waals surface area (Å²) in [7, 11) is 0. The smallest absolute Gasteiger partial charge is 0.277 e. The molecule has 2 aliphatic heterocycles.